The fourth-order valence-corrected chi connectivity index (χ4v) is 2.45. The molecular weight excluding hydrogens is 389 g/mol. The van der Waals surface area contributed by atoms with Gasteiger partial charge < -0.3 is 16.0 Å². The van der Waals surface area contributed by atoms with Gasteiger partial charge in [-0.1, -0.05) is 6.08 Å². The molecule has 0 radical (unpaired) electrons. The molecule has 0 aliphatic carbocycles. The van der Waals surface area contributed by atoms with E-state index in [0.717, 1.165) is 51.5 Å². The highest BCUT2D eigenvalue weighted by Gasteiger charge is 2.18. The fraction of sp³-hybridized carbons (Fsp3) is 0.812. The van der Waals surface area contributed by atoms with Crippen LogP contribution in [-0.4, -0.2) is 62.2 Å². The summed E-state index contributed by atoms with van der Waals surface area (Å²) in [6.07, 6.45) is 4.31. The Morgan fingerprint density at radius 2 is 1.91 bits per heavy atom. The van der Waals surface area contributed by atoms with Gasteiger partial charge in [-0.2, -0.15) is 0 Å². The normalized spacial score (nSPS) is 17.7. The lowest BCUT2D eigenvalue weighted by atomic mass is 10.1. The Morgan fingerprint density at radius 3 is 2.41 bits per heavy atom. The molecule has 0 saturated carbocycles. The molecule has 0 aromatic rings. The number of nitrogens with zero attached hydrogens (tertiary/aromatic N) is 2. The van der Waals surface area contributed by atoms with Crippen LogP contribution < -0.4 is 16.0 Å². The minimum atomic E-state index is 0. The molecule has 0 atom stereocenters. The first-order chi connectivity index (χ1) is 9.94. The number of hydrogen-bond acceptors (Lipinski definition) is 3. The minimum absolute atomic E-state index is 0. The summed E-state index contributed by atoms with van der Waals surface area (Å²) in [5.41, 5.74) is 0.163. The number of halogens is 1. The van der Waals surface area contributed by atoms with Gasteiger partial charge in [0, 0.05) is 51.4 Å². The predicted molar refractivity (Wildman–Crippen MR) is 107 cm³/mol. The zero-order valence-corrected chi connectivity index (χ0v) is 16.9. The molecule has 22 heavy (non-hydrogen) atoms. The molecule has 1 aliphatic rings. The average molecular weight is 423 g/mol. The monoisotopic (exact) mass is 423 g/mol. The van der Waals surface area contributed by atoms with Crippen LogP contribution in [-0.2, 0) is 0 Å². The molecule has 0 amide bonds. The Hall–Kier alpha value is -0.340. The van der Waals surface area contributed by atoms with Gasteiger partial charge in [0.1, 0.15) is 0 Å². The molecule has 130 valence electrons. The summed E-state index contributed by atoms with van der Waals surface area (Å²) in [5, 5.41) is 10.4. The Labute approximate surface area is 153 Å². The Balaban J connectivity index is 0.00000441. The van der Waals surface area contributed by atoms with E-state index in [2.05, 4.69) is 53.2 Å². The third-order valence-corrected chi connectivity index (χ3v) is 3.61. The van der Waals surface area contributed by atoms with Gasteiger partial charge in [0.05, 0.1) is 0 Å². The van der Waals surface area contributed by atoms with E-state index < -0.39 is 0 Å². The van der Waals surface area contributed by atoms with Gasteiger partial charge in [-0.25, -0.2) is 0 Å². The molecule has 0 aromatic carbocycles. The van der Waals surface area contributed by atoms with E-state index in [1.807, 2.05) is 13.1 Å². The van der Waals surface area contributed by atoms with Gasteiger partial charge in [-0.05, 0) is 33.6 Å². The number of piperidine rings is 1. The largest absolute Gasteiger partial charge is 0.355 e. The quantitative estimate of drug-likeness (QED) is 0.201. The summed E-state index contributed by atoms with van der Waals surface area (Å²) >= 11 is 0. The zero-order valence-electron chi connectivity index (χ0n) is 14.6. The first kappa shape index (κ1) is 21.7. The fourth-order valence-electron chi connectivity index (χ4n) is 2.45. The molecule has 3 N–H and O–H groups in total. The minimum Gasteiger partial charge on any atom is -0.355 e. The van der Waals surface area contributed by atoms with Gasteiger partial charge in [-0.15, -0.1) is 30.6 Å². The van der Waals surface area contributed by atoms with Crippen molar-refractivity contribution in [3.63, 3.8) is 0 Å². The molecule has 0 bridgehead atoms. The first-order valence-electron chi connectivity index (χ1n) is 8.00. The van der Waals surface area contributed by atoms with Crippen molar-refractivity contribution in [2.75, 3.05) is 39.8 Å². The van der Waals surface area contributed by atoms with E-state index in [4.69, 9.17) is 0 Å². The van der Waals surface area contributed by atoms with Crippen molar-refractivity contribution in [1.82, 2.24) is 20.9 Å². The van der Waals surface area contributed by atoms with Crippen molar-refractivity contribution >= 4 is 29.9 Å². The molecule has 0 unspecified atom stereocenters. The van der Waals surface area contributed by atoms with Crippen molar-refractivity contribution in [2.24, 2.45) is 4.99 Å². The number of likely N-dealkylation sites (tertiary alicyclic amines) is 1. The highest BCUT2D eigenvalue weighted by Crippen LogP contribution is 2.09. The van der Waals surface area contributed by atoms with E-state index in [1.54, 1.807) is 0 Å². The highest BCUT2D eigenvalue weighted by molar-refractivity contribution is 14.0. The summed E-state index contributed by atoms with van der Waals surface area (Å²) in [6, 6.07) is 0.521. The number of nitrogens with one attached hydrogen (secondary N) is 3. The number of hydrogen-bond donors (Lipinski definition) is 3. The lowest BCUT2D eigenvalue weighted by Crippen LogP contribution is -2.50. The molecule has 6 heteroatoms. The van der Waals surface area contributed by atoms with Gasteiger partial charge in [0.2, 0.25) is 0 Å². The summed E-state index contributed by atoms with van der Waals surface area (Å²) in [6.45, 7) is 15.4. The second-order valence-corrected chi connectivity index (χ2v) is 6.68. The van der Waals surface area contributed by atoms with Gasteiger partial charge in [0.25, 0.3) is 0 Å². The molecule has 0 spiro atoms. The summed E-state index contributed by atoms with van der Waals surface area (Å²) in [5.74, 6) is 0.910. The van der Waals surface area contributed by atoms with Crippen molar-refractivity contribution in [1.29, 1.82) is 0 Å². The van der Waals surface area contributed by atoms with Gasteiger partial charge >= 0.3 is 0 Å². The van der Waals surface area contributed by atoms with Gasteiger partial charge in [0.15, 0.2) is 5.96 Å². The van der Waals surface area contributed by atoms with Crippen LogP contribution in [0.4, 0.5) is 0 Å². The summed E-state index contributed by atoms with van der Waals surface area (Å²) in [7, 11) is 1.83. The Kier molecular flexibility index (Phi) is 11.1. The second-order valence-electron chi connectivity index (χ2n) is 6.68. The second kappa shape index (κ2) is 11.2. The average Bonchev–Trinajstić information content (AvgIpc) is 2.43. The standard InChI is InChI=1S/C16H33N5.HI/c1-6-11-21-12-7-14(8-13-21)20-15(17-5)18-9-10-19-16(2,3)4;/h6,14,19H,1,7-13H2,2-5H3,(H2,17,18,20);1H. The van der Waals surface area contributed by atoms with Crippen LogP contribution in [0.25, 0.3) is 0 Å². The third kappa shape index (κ3) is 9.63. The highest BCUT2D eigenvalue weighted by atomic mass is 127. The van der Waals surface area contributed by atoms with Crippen LogP contribution in [0.3, 0.4) is 0 Å². The predicted octanol–water partition coefficient (Wildman–Crippen LogP) is 1.81. The summed E-state index contributed by atoms with van der Waals surface area (Å²) < 4.78 is 0. The van der Waals surface area contributed by atoms with Gasteiger partial charge in [-0.3, -0.25) is 9.89 Å². The van der Waals surface area contributed by atoms with E-state index in [-0.39, 0.29) is 29.5 Å². The summed E-state index contributed by atoms with van der Waals surface area (Å²) in [4.78, 5) is 6.75. The van der Waals surface area contributed by atoms with Crippen LogP contribution in [0.5, 0.6) is 0 Å². The maximum atomic E-state index is 4.31. The van der Waals surface area contributed by atoms with E-state index in [0.29, 0.717) is 6.04 Å². The lowest BCUT2D eigenvalue weighted by Gasteiger charge is -2.32. The smallest absolute Gasteiger partial charge is 0.191 e. The third-order valence-electron chi connectivity index (χ3n) is 3.61. The number of guanidine groups is 1. The van der Waals surface area contributed by atoms with Crippen LogP contribution in [0.15, 0.2) is 17.6 Å². The lowest BCUT2D eigenvalue weighted by molar-refractivity contribution is 0.225. The van der Waals surface area contributed by atoms with E-state index >= 15 is 0 Å². The van der Waals surface area contributed by atoms with Crippen LogP contribution in [0.1, 0.15) is 33.6 Å². The van der Waals surface area contributed by atoms with E-state index in [9.17, 15) is 0 Å². The van der Waals surface area contributed by atoms with E-state index in [1.165, 1.54) is 0 Å². The molecule has 1 heterocycles. The van der Waals surface area contributed by atoms with Crippen molar-refractivity contribution in [3.05, 3.63) is 12.7 Å². The SMILES string of the molecule is C=CCN1CCC(NC(=NC)NCCNC(C)(C)C)CC1.I. The maximum absolute atomic E-state index is 4.31. The van der Waals surface area contributed by atoms with Crippen molar-refractivity contribution in [2.45, 2.75) is 45.2 Å². The first-order valence-corrected chi connectivity index (χ1v) is 8.00. The molecule has 1 aliphatic heterocycles. The molecule has 5 nitrogen and oxygen atoms in total. The zero-order chi connectivity index (χ0) is 15.7. The maximum Gasteiger partial charge on any atom is 0.191 e. The number of rotatable bonds is 6. The van der Waals surface area contributed by atoms with Crippen LogP contribution >= 0.6 is 24.0 Å². The Bertz CT molecular complexity index is 330. The molecule has 1 saturated heterocycles. The molecule has 0 aromatic heterocycles. The number of aliphatic imine (C=N–C) groups is 1. The van der Waals surface area contributed by atoms with Crippen LogP contribution in [0, 0.1) is 0 Å². The molecular formula is C16H34IN5. The molecule has 1 fully saturated rings. The topological polar surface area (TPSA) is 51.7 Å². The van der Waals surface area contributed by atoms with Crippen molar-refractivity contribution in [3.8, 4) is 0 Å². The Morgan fingerprint density at radius 1 is 1.27 bits per heavy atom. The molecule has 1 rings (SSSR count). The van der Waals surface area contributed by atoms with Crippen molar-refractivity contribution < 1.29 is 0 Å². The van der Waals surface area contributed by atoms with Crippen LogP contribution in [0.2, 0.25) is 0 Å².